The molecule has 0 aromatic heterocycles. The van der Waals surface area contributed by atoms with Crippen LogP contribution in [0.5, 0.6) is 0 Å². The number of hydrogen-bond donors (Lipinski definition) is 0. The Morgan fingerprint density at radius 2 is 1.07 bits per heavy atom. The van der Waals surface area contributed by atoms with Crippen molar-refractivity contribution >= 4 is 43.8 Å². The number of rotatable bonds is 12. The third kappa shape index (κ3) is 6.31. The van der Waals surface area contributed by atoms with Gasteiger partial charge in [-0.3, -0.25) is 4.79 Å². The van der Waals surface area contributed by atoms with Gasteiger partial charge >= 0.3 is 33.2 Å². The molecular formula is C27H23ClF6O6S2. The number of ether oxygens (including phenoxy) is 1. The summed E-state index contributed by atoms with van der Waals surface area (Å²) in [6.45, 7) is -1.13. The van der Waals surface area contributed by atoms with Gasteiger partial charge in [0.05, 0.1) is 12.5 Å². The summed E-state index contributed by atoms with van der Waals surface area (Å²) in [6.07, 6.45) is -14.5. The van der Waals surface area contributed by atoms with E-state index in [2.05, 4.69) is 4.74 Å². The van der Waals surface area contributed by atoms with E-state index in [1.807, 2.05) is 0 Å². The Morgan fingerprint density at radius 3 is 1.40 bits per heavy atom. The van der Waals surface area contributed by atoms with Crippen LogP contribution in [0.3, 0.4) is 0 Å². The maximum absolute atomic E-state index is 14.5. The van der Waals surface area contributed by atoms with Gasteiger partial charge in [-0.1, -0.05) is 54.6 Å². The first-order valence-electron chi connectivity index (χ1n) is 12.0. The highest BCUT2D eigenvalue weighted by molar-refractivity contribution is 8.33. The maximum Gasteiger partial charge on any atom is 0.430 e. The monoisotopic (exact) mass is 656 g/mol. The molecule has 0 atom stereocenters. The lowest BCUT2D eigenvalue weighted by Crippen LogP contribution is -2.68. The van der Waals surface area contributed by atoms with E-state index in [0.29, 0.717) is 0 Å². The lowest BCUT2D eigenvalue weighted by molar-refractivity contribution is -0.268. The molecule has 228 valence electrons. The Morgan fingerprint density at radius 1 is 0.690 bits per heavy atom. The molecular weight excluding hydrogens is 634 g/mol. The zero-order chi connectivity index (χ0) is 31.2. The second kappa shape index (κ2) is 13.1. The average Bonchev–Trinajstić information content (AvgIpc) is 2.94. The molecule has 6 nitrogen and oxygen atoms in total. The Hall–Kier alpha value is -3.07. The van der Waals surface area contributed by atoms with Crippen LogP contribution in [-0.4, -0.2) is 49.8 Å². The van der Waals surface area contributed by atoms with Crippen LogP contribution >= 0.6 is 21.9 Å². The van der Waals surface area contributed by atoms with Gasteiger partial charge in [-0.25, -0.2) is 8.42 Å². The van der Waals surface area contributed by atoms with Gasteiger partial charge in [-0.05, 0) is 53.1 Å². The van der Waals surface area contributed by atoms with E-state index < -0.39 is 74.6 Å². The van der Waals surface area contributed by atoms with Crippen LogP contribution in [0, 0.1) is 0 Å². The molecule has 0 amide bonds. The summed E-state index contributed by atoms with van der Waals surface area (Å²) in [4.78, 5) is 23.9. The smallest absolute Gasteiger partial charge is 0.430 e. The van der Waals surface area contributed by atoms with Gasteiger partial charge in [0.15, 0.2) is 0 Å². The van der Waals surface area contributed by atoms with Crippen molar-refractivity contribution in [3.63, 3.8) is 0 Å². The van der Waals surface area contributed by atoms with Crippen molar-refractivity contribution in [2.45, 2.75) is 44.6 Å². The van der Waals surface area contributed by atoms with Crippen molar-refractivity contribution < 1.29 is 52.7 Å². The van der Waals surface area contributed by atoms with Gasteiger partial charge in [0, 0.05) is 21.1 Å². The zero-order valence-corrected chi connectivity index (χ0v) is 23.8. The molecule has 0 bridgehead atoms. The molecule has 0 heterocycles. The Balaban J connectivity index is 2.31. The molecule has 0 aliphatic rings. The number of benzene rings is 3. The predicted octanol–water partition coefficient (Wildman–Crippen LogP) is 7.22. The second-order valence-corrected chi connectivity index (χ2v) is 13.5. The van der Waals surface area contributed by atoms with Gasteiger partial charge in [0.1, 0.15) is 5.78 Å². The van der Waals surface area contributed by atoms with Gasteiger partial charge in [0.2, 0.25) is 0 Å². The molecule has 0 radical (unpaired) electrons. The zero-order valence-electron chi connectivity index (χ0n) is 21.4. The van der Waals surface area contributed by atoms with Crippen molar-refractivity contribution in [3.8, 4) is 0 Å². The quantitative estimate of drug-likeness (QED) is 0.0886. The Labute approximate surface area is 244 Å². The van der Waals surface area contributed by atoms with Crippen LogP contribution in [0.25, 0.3) is 0 Å². The largest absolute Gasteiger partial charge is 0.464 e. The van der Waals surface area contributed by atoms with Crippen LogP contribution in [0.1, 0.15) is 12.8 Å². The third-order valence-corrected chi connectivity index (χ3v) is 11.9. The molecule has 0 aliphatic carbocycles. The summed E-state index contributed by atoms with van der Waals surface area (Å²) in [5, 5.41) is 0. The van der Waals surface area contributed by atoms with Crippen LogP contribution in [0.4, 0.5) is 26.3 Å². The maximum atomic E-state index is 14.5. The fourth-order valence-electron chi connectivity index (χ4n) is 3.93. The first kappa shape index (κ1) is 33.4. The van der Waals surface area contributed by atoms with E-state index in [1.165, 1.54) is 91.0 Å². The summed E-state index contributed by atoms with van der Waals surface area (Å²) >= 11 is 5.31. The first-order valence-corrected chi connectivity index (χ1v) is 15.5. The fraction of sp³-hybridized carbons (Fsp3) is 0.259. The summed E-state index contributed by atoms with van der Waals surface area (Å²) in [6, 6.07) is 20.6. The third-order valence-electron chi connectivity index (χ3n) is 5.86. The Bertz CT molecular complexity index is 1360. The molecule has 42 heavy (non-hydrogen) atoms. The predicted molar refractivity (Wildman–Crippen MR) is 142 cm³/mol. The molecule has 0 aliphatic heterocycles. The number of esters is 1. The Kier molecular flexibility index (Phi) is 10.4. The number of carbonyl (C=O) groups is 2. The molecule has 15 heteroatoms. The molecule has 3 aromatic rings. The number of ketones is 1. The van der Waals surface area contributed by atoms with E-state index >= 15 is 0 Å². The van der Waals surface area contributed by atoms with Crippen molar-refractivity contribution in [1.29, 1.82) is 0 Å². The minimum absolute atomic E-state index is 0.0721. The number of alkyl halides is 7. The minimum atomic E-state index is -7.03. The molecule has 0 N–H and O–H groups in total. The standard InChI is InChI=1S/C27H23ClF6O6S2/c28-19-20(35)11-10-18-39-24(36)25(26(29,30)31,27(32,33)34)42(37,38)40-41(21-12-4-1-5-13-21,22-14-6-2-7-15-22)23-16-8-3-9-17-23/h1-9,12-17H,10-11,18-19H2. The number of hydrogen-bond acceptors (Lipinski definition) is 6. The van der Waals surface area contributed by atoms with Gasteiger partial charge in [0.25, 0.3) is 0 Å². The van der Waals surface area contributed by atoms with Crippen LogP contribution in [-0.2, 0) is 28.1 Å². The molecule has 0 fully saturated rings. The molecule has 0 saturated heterocycles. The molecule has 0 unspecified atom stereocenters. The highest BCUT2D eigenvalue weighted by Crippen LogP contribution is 2.71. The second-order valence-electron chi connectivity index (χ2n) is 8.61. The first-order chi connectivity index (χ1) is 19.6. The van der Waals surface area contributed by atoms with Crippen LogP contribution in [0.2, 0.25) is 0 Å². The van der Waals surface area contributed by atoms with Crippen molar-refractivity contribution in [1.82, 2.24) is 0 Å². The summed E-state index contributed by atoms with van der Waals surface area (Å²) in [7, 11) is -11.0. The van der Waals surface area contributed by atoms with E-state index in [1.54, 1.807) is 0 Å². The van der Waals surface area contributed by atoms with Crippen LogP contribution < -0.4 is 0 Å². The molecule has 0 saturated carbocycles. The van der Waals surface area contributed by atoms with E-state index in [4.69, 9.17) is 15.2 Å². The highest BCUT2D eigenvalue weighted by Gasteiger charge is 2.86. The van der Waals surface area contributed by atoms with E-state index in [-0.39, 0.29) is 14.7 Å². The fourth-order valence-corrected chi connectivity index (χ4v) is 9.76. The molecule has 3 rings (SSSR count). The van der Waals surface area contributed by atoms with E-state index in [0.717, 1.165) is 0 Å². The highest BCUT2D eigenvalue weighted by atomic mass is 35.5. The van der Waals surface area contributed by atoms with Gasteiger partial charge in [-0.15, -0.1) is 11.6 Å². The number of Topliss-reactive ketones (excluding diaryl/α,β-unsaturated/α-hetero) is 1. The van der Waals surface area contributed by atoms with E-state index in [9.17, 15) is 44.3 Å². The van der Waals surface area contributed by atoms with Crippen molar-refractivity contribution in [2.24, 2.45) is 0 Å². The van der Waals surface area contributed by atoms with Crippen molar-refractivity contribution in [2.75, 3.05) is 12.5 Å². The number of halogens is 7. The molecule has 3 aromatic carbocycles. The van der Waals surface area contributed by atoms with Crippen LogP contribution in [0.15, 0.2) is 106 Å². The topological polar surface area (TPSA) is 86.7 Å². The molecule has 0 spiro atoms. The lowest BCUT2D eigenvalue weighted by Gasteiger charge is -2.42. The summed E-state index contributed by atoms with van der Waals surface area (Å²) in [5.41, 5.74) is 0. The minimum Gasteiger partial charge on any atom is -0.464 e. The van der Waals surface area contributed by atoms with Crippen molar-refractivity contribution in [3.05, 3.63) is 91.0 Å². The lowest BCUT2D eigenvalue weighted by atomic mass is 10.1. The summed E-state index contributed by atoms with van der Waals surface area (Å²) in [5.74, 6) is -4.28. The number of carbonyl (C=O) groups excluding carboxylic acids is 2. The summed E-state index contributed by atoms with van der Waals surface area (Å²) < 4.78 is 118. The van der Waals surface area contributed by atoms with Gasteiger partial charge in [-0.2, -0.15) is 34.8 Å². The van der Waals surface area contributed by atoms with Gasteiger partial charge < -0.3 is 4.74 Å². The SMILES string of the molecule is O=C(CCl)CCCOC(=O)C(C(F)(F)F)(C(F)(F)F)S(=O)(=O)OS(c1ccccc1)(c1ccccc1)c1ccccc1. The average molecular weight is 657 g/mol. The normalized spacial score (nSPS) is 13.4.